The quantitative estimate of drug-likeness (QED) is 0.788. The smallest absolute Gasteiger partial charge is 0.222 e. The first kappa shape index (κ1) is 13.3. The standard InChI is InChI=1S/C11H6Cl2FN5/c12-5-1-2-6(13)8(14)7(5)9-4(3-15)10(16)19-11(17)18-9/h1-2H,(H4,16,17,18,19). The van der Waals surface area contributed by atoms with Gasteiger partial charge in [-0.05, 0) is 12.1 Å². The van der Waals surface area contributed by atoms with E-state index >= 15 is 0 Å². The van der Waals surface area contributed by atoms with E-state index in [0.717, 1.165) is 0 Å². The van der Waals surface area contributed by atoms with Crippen molar-refractivity contribution in [2.75, 3.05) is 11.5 Å². The Morgan fingerprint density at radius 1 is 1.16 bits per heavy atom. The highest BCUT2D eigenvalue weighted by Gasteiger charge is 2.21. The van der Waals surface area contributed by atoms with Gasteiger partial charge in [0, 0.05) is 0 Å². The van der Waals surface area contributed by atoms with Crippen molar-refractivity contribution in [1.82, 2.24) is 9.97 Å². The summed E-state index contributed by atoms with van der Waals surface area (Å²) in [6.07, 6.45) is 0. The van der Waals surface area contributed by atoms with E-state index in [2.05, 4.69) is 9.97 Å². The summed E-state index contributed by atoms with van der Waals surface area (Å²) in [6, 6.07) is 4.47. The van der Waals surface area contributed by atoms with Gasteiger partial charge in [0.1, 0.15) is 23.1 Å². The molecule has 0 aliphatic rings. The number of hydrogen-bond donors (Lipinski definition) is 2. The molecule has 0 spiro atoms. The molecule has 0 amide bonds. The average Bonchev–Trinajstić information content (AvgIpc) is 2.34. The van der Waals surface area contributed by atoms with E-state index in [1.54, 1.807) is 6.07 Å². The summed E-state index contributed by atoms with van der Waals surface area (Å²) in [4.78, 5) is 7.45. The summed E-state index contributed by atoms with van der Waals surface area (Å²) in [7, 11) is 0. The maximum atomic E-state index is 14.1. The lowest BCUT2D eigenvalue weighted by atomic mass is 10.1. The lowest BCUT2D eigenvalue weighted by Gasteiger charge is -2.10. The van der Waals surface area contributed by atoms with Gasteiger partial charge in [-0.2, -0.15) is 10.2 Å². The molecule has 1 aromatic heterocycles. The normalized spacial score (nSPS) is 10.2. The van der Waals surface area contributed by atoms with Crippen LogP contribution in [0.2, 0.25) is 10.0 Å². The minimum atomic E-state index is -0.803. The molecule has 2 rings (SSSR count). The first-order valence-corrected chi connectivity index (χ1v) is 5.68. The lowest BCUT2D eigenvalue weighted by Crippen LogP contribution is -2.06. The molecule has 1 aromatic carbocycles. The van der Waals surface area contributed by atoms with Crippen LogP contribution in [0.1, 0.15) is 5.56 Å². The van der Waals surface area contributed by atoms with Crippen molar-refractivity contribution < 1.29 is 4.39 Å². The minimum Gasteiger partial charge on any atom is -0.382 e. The van der Waals surface area contributed by atoms with Crippen LogP contribution in [-0.2, 0) is 0 Å². The van der Waals surface area contributed by atoms with E-state index in [1.165, 1.54) is 12.1 Å². The maximum absolute atomic E-state index is 14.1. The van der Waals surface area contributed by atoms with E-state index < -0.39 is 5.82 Å². The van der Waals surface area contributed by atoms with Gasteiger partial charge in [0.2, 0.25) is 5.95 Å². The highest BCUT2D eigenvalue weighted by molar-refractivity contribution is 6.35. The fraction of sp³-hybridized carbons (Fsp3) is 0. The number of nitrogens with two attached hydrogens (primary N) is 2. The van der Waals surface area contributed by atoms with E-state index in [9.17, 15) is 4.39 Å². The zero-order chi connectivity index (χ0) is 14.2. The molecule has 4 N–H and O–H groups in total. The van der Waals surface area contributed by atoms with Crippen molar-refractivity contribution in [3.8, 4) is 17.3 Å². The SMILES string of the molecule is N#Cc1c(N)nc(N)nc1-c1c(Cl)ccc(Cl)c1F. The van der Waals surface area contributed by atoms with Gasteiger partial charge in [-0.25, -0.2) is 9.37 Å². The van der Waals surface area contributed by atoms with Gasteiger partial charge in [0.25, 0.3) is 0 Å². The molecular weight excluding hydrogens is 292 g/mol. The van der Waals surface area contributed by atoms with Gasteiger partial charge in [-0.1, -0.05) is 23.2 Å². The van der Waals surface area contributed by atoms with Crippen molar-refractivity contribution in [1.29, 1.82) is 5.26 Å². The van der Waals surface area contributed by atoms with Crippen LogP contribution < -0.4 is 11.5 Å². The minimum absolute atomic E-state index is 0.0379. The van der Waals surface area contributed by atoms with Gasteiger partial charge < -0.3 is 11.5 Å². The third-order valence-electron chi connectivity index (χ3n) is 2.35. The van der Waals surface area contributed by atoms with Crippen molar-refractivity contribution >= 4 is 35.0 Å². The Morgan fingerprint density at radius 3 is 2.42 bits per heavy atom. The number of hydrogen-bond acceptors (Lipinski definition) is 5. The fourth-order valence-corrected chi connectivity index (χ4v) is 1.92. The number of nitrogens with zero attached hydrogens (tertiary/aromatic N) is 3. The second kappa shape index (κ2) is 4.88. The second-order valence-corrected chi connectivity index (χ2v) is 4.34. The molecule has 0 unspecified atom stereocenters. The molecule has 0 aliphatic heterocycles. The highest BCUT2D eigenvalue weighted by Crippen LogP contribution is 2.36. The summed E-state index contributed by atoms with van der Waals surface area (Å²) in [5.74, 6) is -1.15. The molecule has 8 heteroatoms. The van der Waals surface area contributed by atoms with Crippen LogP contribution in [-0.4, -0.2) is 9.97 Å². The van der Waals surface area contributed by atoms with E-state index in [1.807, 2.05) is 0 Å². The highest BCUT2D eigenvalue weighted by atomic mass is 35.5. The number of anilines is 2. The van der Waals surface area contributed by atoms with Gasteiger partial charge in [0.15, 0.2) is 5.82 Å². The molecular formula is C11H6Cl2FN5. The summed E-state index contributed by atoms with van der Waals surface area (Å²) < 4.78 is 14.1. The second-order valence-electron chi connectivity index (χ2n) is 3.52. The number of aromatic nitrogens is 2. The van der Waals surface area contributed by atoms with Crippen molar-refractivity contribution in [3.63, 3.8) is 0 Å². The molecule has 5 nitrogen and oxygen atoms in total. The Kier molecular flexibility index (Phi) is 3.42. The molecule has 96 valence electrons. The largest absolute Gasteiger partial charge is 0.382 e. The van der Waals surface area contributed by atoms with Crippen LogP contribution in [0.3, 0.4) is 0 Å². The molecule has 0 fully saturated rings. The van der Waals surface area contributed by atoms with Crippen LogP contribution in [0.15, 0.2) is 12.1 Å². The van der Waals surface area contributed by atoms with E-state index in [0.29, 0.717) is 0 Å². The average molecular weight is 298 g/mol. The summed E-state index contributed by atoms with van der Waals surface area (Å²) in [6.45, 7) is 0. The zero-order valence-corrected chi connectivity index (χ0v) is 10.8. The first-order valence-electron chi connectivity index (χ1n) is 4.92. The topological polar surface area (TPSA) is 102 Å². The maximum Gasteiger partial charge on any atom is 0.222 e. The summed E-state index contributed by atoms with van der Waals surface area (Å²) in [5.41, 5.74) is 10.7. The number of nitrogen functional groups attached to an aromatic ring is 2. The molecule has 1 heterocycles. The lowest BCUT2D eigenvalue weighted by molar-refractivity contribution is 0.631. The zero-order valence-electron chi connectivity index (χ0n) is 9.28. The Bertz CT molecular complexity index is 711. The van der Waals surface area contributed by atoms with Crippen molar-refractivity contribution in [2.24, 2.45) is 0 Å². The van der Waals surface area contributed by atoms with Crippen LogP contribution in [0, 0.1) is 17.1 Å². The van der Waals surface area contributed by atoms with Gasteiger partial charge in [-0.15, -0.1) is 0 Å². The third kappa shape index (κ3) is 2.26. The van der Waals surface area contributed by atoms with Crippen molar-refractivity contribution in [3.05, 3.63) is 33.6 Å². The van der Waals surface area contributed by atoms with Crippen LogP contribution in [0.4, 0.5) is 16.2 Å². The first-order chi connectivity index (χ1) is 8.95. The summed E-state index contributed by atoms with van der Waals surface area (Å²) >= 11 is 11.6. The molecule has 0 saturated heterocycles. The van der Waals surface area contributed by atoms with Crippen LogP contribution in [0.5, 0.6) is 0 Å². The predicted molar refractivity (Wildman–Crippen MR) is 71.0 cm³/mol. The summed E-state index contributed by atoms with van der Waals surface area (Å²) in [5, 5.41) is 8.94. The van der Waals surface area contributed by atoms with Gasteiger partial charge >= 0.3 is 0 Å². The molecule has 0 atom stereocenters. The fourth-order valence-electron chi connectivity index (χ4n) is 1.53. The van der Waals surface area contributed by atoms with E-state index in [-0.39, 0.29) is 38.6 Å². The van der Waals surface area contributed by atoms with E-state index in [4.69, 9.17) is 39.9 Å². The Balaban J connectivity index is 2.87. The van der Waals surface area contributed by atoms with Gasteiger partial charge in [0.05, 0.1) is 15.6 Å². The molecule has 0 aliphatic carbocycles. The number of benzene rings is 1. The van der Waals surface area contributed by atoms with Gasteiger partial charge in [-0.3, -0.25) is 0 Å². The molecule has 19 heavy (non-hydrogen) atoms. The Labute approximate surface area is 117 Å². The van der Waals surface area contributed by atoms with Crippen LogP contribution in [0.25, 0.3) is 11.3 Å². The molecule has 0 saturated carbocycles. The number of rotatable bonds is 1. The monoisotopic (exact) mass is 297 g/mol. The molecule has 2 aromatic rings. The predicted octanol–water partition coefficient (Wildman–Crippen LogP) is 2.63. The number of halogens is 3. The van der Waals surface area contributed by atoms with Crippen LogP contribution >= 0.6 is 23.2 Å². The third-order valence-corrected chi connectivity index (χ3v) is 2.95. The van der Waals surface area contributed by atoms with Crippen molar-refractivity contribution in [2.45, 2.75) is 0 Å². The number of nitriles is 1. The molecule has 0 radical (unpaired) electrons. The molecule has 0 bridgehead atoms. The Hall–Kier alpha value is -2.10. The Morgan fingerprint density at radius 2 is 1.79 bits per heavy atom.